The van der Waals surface area contributed by atoms with E-state index in [0.29, 0.717) is 10.5 Å². The summed E-state index contributed by atoms with van der Waals surface area (Å²) in [5.41, 5.74) is 0.240. The monoisotopic (exact) mass is 303 g/mol. The maximum Gasteiger partial charge on any atom is 0.143 e. The van der Waals surface area contributed by atoms with Crippen LogP contribution < -0.4 is 5.32 Å². The summed E-state index contributed by atoms with van der Waals surface area (Å²) in [5, 5.41) is 3.21. The van der Waals surface area contributed by atoms with Gasteiger partial charge >= 0.3 is 0 Å². The van der Waals surface area contributed by atoms with Gasteiger partial charge in [-0.1, -0.05) is 6.92 Å². The van der Waals surface area contributed by atoms with Crippen molar-refractivity contribution in [3.63, 3.8) is 0 Å². The van der Waals surface area contributed by atoms with Crippen molar-refractivity contribution in [2.45, 2.75) is 31.7 Å². The minimum absolute atomic E-state index is 0.0371. The van der Waals surface area contributed by atoms with E-state index in [4.69, 9.17) is 0 Å². The van der Waals surface area contributed by atoms with Gasteiger partial charge in [-0.25, -0.2) is 8.78 Å². The highest BCUT2D eigenvalue weighted by molar-refractivity contribution is 9.10. The molecule has 2 rings (SSSR count). The molecule has 1 fully saturated rings. The lowest BCUT2D eigenvalue weighted by atomic mass is 9.88. The van der Waals surface area contributed by atoms with Gasteiger partial charge in [-0.3, -0.25) is 0 Å². The molecule has 0 bridgehead atoms. The number of hydrogen-bond acceptors (Lipinski definition) is 1. The maximum atomic E-state index is 14.0. The van der Waals surface area contributed by atoms with E-state index in [9.17, 15) is 8.78 Å². The third-order valence-corrected chi connectivity index (χ3v) is 4.49. The van der Waals surface area contributed by atoms with Gasteiger partial charge in [0.25, 0.3) is 0 Å². The van der Waals surface area contributed by atoms with Crippen molar-refractivity contribution in [2.24, 2.45) is 5.92 Å². The van der Waals surface area contributed by atoms with Crippen molar-refractivity contribution in [3.05, 3.63) is 33.8 Å². The van der Waals surface area contributed by atoms with Crippen molar-refractivity contribution in [2.75, 3.05) is 7.05 Å². The molecule has 0 aromatic heterocycles. The van der Waals surface area contributed by atoms with Gasteiger partial charge in [0.2, 0.25) is 0 Å². The molecule has 0 radical (unpaired) electrons. The van der Waals surface area contributed by atoms with E-state index in [1.165, 1.54) is 12.1 Å². The fourth-order valence-corrected chi connectivity index (χ4v) is 3.21. The maximum absolute atomic E-state index is 14.0. The lowest BCUT2D eigenvalue weighted by Crippen LogP contribution is -2.29. The molecule has 0 spiro atoms. The Balaban J connectivity index is 2.38. The van der Waals surface area contributed by atoms with E-state index in [0.717, 1.165) is 12.8 Å². The Morgan fingerprint density at radius 2 is 2.00 bits per heavy atom. The number of halogens is 3. The predicted octanol–water partition coefficient (Wildman–Crippen LogP) is 3.83. The Kier molecular flexibility index (Phi) is 3.83. The zero-order valence-electron chi connectivity index (χ0n) is 9.93. The second kappa shape index (κ2) is 5.02. The fourth-order valence-electron chi connectivity index (χ4n) is 2.86. The van der Waals surface area contributed by atoms with Crippen molar-refractivity contribution in [3.8, 4) is 0 Å². The minimum Gasteiger partial charge on any atom is -0.317 e. The molecule has 1 aliphatic rings. The lowest BCUT2D eigenvalue weighted by Gasteiger charge is -2.21. The summed E-state index contributed by atoms with van der Waals surface area (Å²) in [6.07, 6.45) is 1.80. The Bertz CT molecular complexity index is 422. The third kappa shape index (κ3) is 2.25. The number of rotatable bonds is 2. The Labute approximate surface area is 109 Å². The molecule has 0 heterocycles. The highest BCUT2D eigenvalue weighted by Gasteiger charge is 2.36. The van der Waals surface area contributed by atoms with Crippen LogP contribution in [-0.2, 0) is 0 Å². The first-order valence-electron chi connectivity index (χ1n) is 5.87. The molecule has 4 heteroatoms. The summed E-state index contributed by atoms with van der Waals surface area (Å²) in [6.45, 7) is 2.05. The van der Waals surface area contributed by atoms with Crippen molar-refractivity contribution < 1.29 is 8.78 Å². The highest BCUT2D eigenvalue weighted by Crippen LogP contribution is 2.42. The van der Waals surface area contributed by atoms with E-state index in [-0.39, 0.29) is 17.4 Å². The topological polar surface area (TPSA) is 12.0 Å². The quantitative estimate of drug-likeness (QED) is 0.819. The van der Waals surface area contributed by atoms with Crippen LogP contribution >= 0.6 is 15.9 Å². The first-order chi connectivity index (χ1) is 8.06. The number of hydrogen-bond donors (Lipinski definition) is 1. The molecular formula is C13H16BrF2N. The Hall–Kier alpha value is -0.480. The van der Waals surface area contributed by atoms with Crippen molar-refractivity contribution in [1.82, 2.24) is 5.32 Å². The molecular weight excluding hydrogens is 288 g/mol. The minimum atomic E-state index is -0.446. The molecule has 17 heavy (non-hydrogen) atoms. The average molecular weight is 304 g/mol. The fraction of sp³-hybridized carbons (Fsp3) is 0.538. The van der Waals surface area contributed by atoms with E-state index in [1.807, 2.05) is 7.05 Å². The van der Waals surface area contributed by atoms with Gasteiger partial charge in [0, 0.05) is 11.6 Å². The van der Waals surface area contributed by atoms with Crippen molar-refractivity contribution >= 4 is 15.9 Å². The summed E-state index contributed by atoms with van der Waals surface area (Å²) >= 11 is 3.12. The summed E-state index contributed by atoms with van der Waals surface area (Å²) in [4.78, 5) is 0. The molecule has 94 valence electrons. The van der Waals surface area contributed by atoms with Crippen LogP contribution in [0.25, 0.3) is 0 Å². The highest BCUT2D eigenvalue weighted by atomic mass is 79.9. The molecule has 1 aromatic rings. The molecule has 3 atom stereocenters. The van der Waals surface area contributed by atoms with Crippen LogP contribution in [0.4, 0.5) is 8.78 Å². The standard InChI is InChI=1S/C13H16BrF2N/c1-7-8(3-6-11(7)17-2)12-10(15)5-4-9(14)13(12)16/h4-5,7-8,11,17H,3,6H2,1-2H3. The van der Waals surface area contributed by atoms with Crippen LogP contribution in [0.3, 0.4) is 0 Å². The zero-order chi connectivity index (χ0) is 12.6. The van der Waals surface area contributed by atoms with E-state index >= 15 is 0 Å². The molecule has 1 aliphatic carbocycles. The molecule has 3 unspecified atom stereocenters. The average Bonchev–Trinajstić information content (AvgIpc) is 2.66. The Morgan fingerprint density at radius 1 is 1.29 bits per heavy atom. The summed E-state index contributed by atoms with van der Waals surface area (Å²) < 4.78 is 28.2. The van der Waals surface area contributed by atoms with Gasteiger partial charge in [0.15, 0.2) is 0 Å². The van der Waals surface area contributed by atoms with E-state index < -0.39 is 11.6 Å². The predicted molar refractivity (Wildman–Crippen MR) is 68.0 cm³/mol. The van der Waals surface area contributed by atoms with E-state index in [1.54, 1.807) is 0 Å². The van der Waals surface area contributed by atoms with Gasteiger partial charge in [-0.2, -0.15) is 0 Å². The normalized spacial score (nSPS) is 28.6. The van der Waals surface area contributed by atoms with Crippen LogP contribution in [0.2, 0.25) is 0 Å². The molecule has 0 aliphatic heterocycles. The second-order valence-corrected chi connectivity index (χ2v) is 5.55. The zero-order valence-corrected chi connectivity index (χ0v) is 11.5. The van der Waals surface area contributed by atoms with Crippen LogP contribution in [0.15, 0.2) is 16.6 Å². The van der Waals surface area contributed by atoms with Gasteiger partial charge in [-0.15, -0.1) is 0 Å². The van der Waals surface area contributed by atoms with Gasteiger partial charge in [-0.05, 0) is 59.8 Å². The van der Waals surface area contributed by atoms with Gasteiger partial charge in [0.1, 0.15) is 11.6 Å². The van der Waals surface area contributed by atoms with E-state index in [2.05, 4.69) is 28.2 Å². The Morgan fingerprint density at radius 3 is 2.59 bits per heavy atom. The van der Waals surface area contributed by atoms with Gasteiger partial charge < -0.3 is 5.32 Å². The van der Waals surface area contributed by atoms with Crippen LogP contribution in [0.5, 0.6) is 0 Å². The van der Waals surface area contributed by atoms with Crippen LogP contribution in [0.1, 0.15) is 31.2 Å². The molecule has 0 saturated heterocycles. The number of benzene rings is 1. The van der Waals surface area contributed by atoms with Gasteiger partial charge in [0.05, 0.1) is 4.47 Å². The summed E-state index contributed by atoms with van der Waals surface area (Å²) in [6, 6.07) is 3.10. The summed E-state index contributed by atoms with van der Waals surface area (Å²) in [7, 11) is 1.90. The molecule has 1 aromatic carbocycles. The van der Waals surface area contributed by atoms with Crippen LogP contribution in [0, 0.1) is 17.6 Å². The number of nitrogens with one attached hydrogen (secondary N) is 1. The SMILES string of the molecule is CNC1CCC(c2c(F)ccc(Br)c2F)C1C. The second-order valence-electron chi connectivity index (χ2n) is 4.69. The molecule has 1 N–H and O–H groups in total. The molecule has 0 amide bonds. The lowest BCUT2D eigenvalue weighted by molar-refractivity contribution is 0.408. The smallest absolute Gasteiger partial charge is 0.143 e. The largest absolute Gasteiger partial charge is 0.317 e. The van der Waals surface area contributed by atoms with Crippen LogP contribution in [-0.4, -0.2) is 13.1 Å². The molecule has 1 nitrogen and oxygen atoms in total. The molecule has 1 saturated carbocycles. The summed E-state index contributed by atoms with van der Waals surface area (Å²) in [5.74, 6) is -0.666. The first kappa shape index (κ1) is 13.0. The third-order valence-electron chi connectivity index (χ3n) is 3.88. The first-order valence-corrected chi connectivity index (χ1v) is 6.66. The van der Waals surface area contributed by atoms with Crippen molar-refractivity contribution in [1.29, 1.82) is 0 Å².